The maximum absolute atomic E-state index is 12.1. The van der Waals surface area contributed by atoms with Gasteiger partial charge in [0, 0.05) is 25.4 Å². The van der Waals surface area contributed by atoms with E-state index in [9.17, 15) is 9.59 Å². The third-order valence-electron chi connectivity index (χ3n) is 3.33. The molecular formula is C17H21N3O3. The molecule has 0 radical (unpaired) electrons. The van der Waals surface area contributed by atoms with E-state index in [4.69, 9.17) is 4.74 Å². The Hall–Kier alpha value is -2.63. The summed E-state index contributed by atoms with van der Waals surface area (Å²) in [4.78, 5) is 23.7. The van der Waals surface area contributed by atoms with E-state index in [0.717, 1.165) is 11.1 Å². The molecule has 122 valence electrons. The van der Waals surface area contributed by atoms with Crippen LogP contribution in [0.3, 0.4) is 0 Å². The number of nitrogens with one attached hydrogen (secondary N) is 1. The number of hydrogen-bond acceptors (Lipinski definition) is 4. The monoisotopic (exact) mass is 315 g/mol. The van der Waals surface area contributed by atoms with Crippen LogP contribution in [0, 0.1) is 0 Å². The first-order chi connectivity index (χ1) is 11.1. The highest BCUT2D eigenvalue weighted by Gasteiger charge is 2.11. The first-order valence-corrected chi connectivity index (χ1v) is 7.59. The van der Waals surface area contributed by atoms with Gasteiger partial charge >= 0.3 is 5.97 Å². The zero-order chi connectivity index (χ0) is 16.7. The van der Waals surface area contributed by atoms with Crippen molar-refractivity contribution in [3.63, 3.8) is 0 Å². The van der Waals surface area contributed by atoms with E-state index in [-0.39, 0.29) is 18.3 Å². The molecular weight excluding hydrogens is 294 g/mol. The first kappa shape index (κ1) is 16.7. The van der Waals surface area contributed by atoms with Crippen LogP contribution >= 0.6 is 0 Å². The molecule has 1 amide bonds. The highest BCUT2D eigenvalue weighted by molar-refractivity contribution is 5.92. The number of para-hydroxylation sites is 1. The molecule has 0 unspecified atom stereocenters. The van der Waals surface area contributed by atoms with E-state index in [1.54, 1.807) is 23.9 Å². The van der Waals surface area contributed by atoms with Crippen LogP contribution in [-0.2, 0) is 34.2 Å². The van der Waals surface area contributed by atoms with Gasteiger partial charge in [0.05, 0.1) is 19.2 Å². The fraction of sp³-hybridized carbons (Fsp3) is 0.353. The number of benzene rings is 1. The second-order valence-electron chi connectivity index (χ2n) is 5.21. The first-order valence-electron chi connectivity index (χ1n) is 7.59. The van der Waals surface area contributed by atoms with Crippen molar-refractivity contribution < 1.29 is 14.3 Å². The SMILES string of the molecule is CCOC(=O)Cc1ccccc1NC(=O)CCc1cnn(C)c1. The smallest absolute Gasteiger partial charge is 0.310 e. The highest BCUT2D eigenvalue weighted by atomic mass is 16.5. The van der Waals surface area contributed by atoms with E-state index >= 15 is 0 Å². The van der Waals surface area contributed by atoms with Gasteiger partial charge in [0.25, 0.3) is 0 Å². The van der Waals surface area contributed by atoms with E-state index < -0.39 is 0 Å². The van der Waals surface area contributed by atoms with Gasteiger partial charge < -0.3 is 10.1 Å². The minimum atomic E-state index is -0.301. The lowest BCUT2D eigenvalue weighted by Gasteiger charge is -2.10. The minimum absolute atomic E-state index is 0.0924. The van der Waals surface area contributed by atoms with Crippen molar-refractivity contribution in [3.8, 4) is 0 Å². The lowest BCUT2D eigenvalue weighted by molar-refractivity contribution is -0.142. The van der Waals surface area contributed by atoms with Crippen molar-refractivity contribution in [1.82, 2.24) is 9.78 Å². The summed E-state index contributed by atoms with van der Waals surface area (Å²) in [7, 11) is 1.84. The Balaban J connectivity index is 1.93. The highest BCUT2D eigenvalue weighted by Crippen LogP contribution is 2.17. The van der Waals surface area contributed by atoms with Crippen molar-refractivity contribution in [3.05, 3.63) is 47.8 Å². The second-order valence-corrected chi connectivity index (χ2v) is 5.21. The maximum Gasteiger partial charge on any atom is 0.310 e. The summed E-state index contributed by atoms with van der Waals surface area (Å²) in [6.45, 7) is 2.11. The Morgan fingerprint density at radius 3 is 2.78 bits per heavy atom. The fourth-order valence-corrected chi connectivity index (χ4v) is 2.24. The summed E-state index contributed by atoms with van der Waals surface area (Å²) < 4.78 is 6.66. The Kier molecular flexibility index (Phi) is 5.91. The summed E-state index contributed by atoms with van der Waals surface area (Å²) in [5.41, 5.74) is 2.42. The molecule has 0 aliphatic carbocycles. The molecule has 2 aromatic rings. The van der Waals surface area contributed by atoms with Crippen molar-refractivity contribution in [2.45, 2.75) is 26.2 Å². The van der Waals surface area contributed by atoms with Crippen molar-refractivity contribution in [1.29, 1.82) is 0 Å². The summed E-state index contributed by atoms with van der Waals surface area (Å²) >= 11 is 0. The van der Waals surface area contributed by atoms with E-state index in [1.165, 1.54) is 0 Å². The molecule has 1 aromatic carbocycles. The second kappa shape index (κ2) is 8.12. The van der Waals surface area contributed by atoms with Gasteiger partial charge in [-0.15, -0.1) is 0 Å². The molecule has 23 heavy (non-hydrogen) atoms. The molecule has 0 spiro atoms. The Bertz CT molecular complexity index is 679. The van der Waals surface area contributed by atoms with Gasteiger partial charge in [0.2, 0.25) is 5.91 Å². The van der Waals surface area contributed by atoms with E-state index in [1.807, 2.05) is 31.4 Å². The molecule has 0 saturated carbocycles. The molecule has 1 heterocycles. The molecule has 6 heteroatoms. The van der Waals surface area contributed by atoms with Crippen LogP contribution in [0.4, 0.5) is 5.69 Å². The quantitative estimate of drug-likeness (QED) is 0.794. The Morgan fingerprint density at radius 1 is 1.30 bits per heavy atom. The number of amides is 1. The molecule has 1 N–H and O–H groups in total. The average molecular weight is 315 g/mol. The normalized spacial score (nSPS) is 10.3. The van der Waals surface area contributed by atoms with Crippen molar-refractivity contribution >= 4 is 17.6 Å². The molecule has 0 saturated heterocycles. The number of ether oxygens (including phenoxy) is 1. The summed E-state index contributed by atoms with van der Waals surface area (Å²) in [5.74, 6) is -0.394. The maximum atomic E-state index is 12.1. The predicted molar refractivity (Wildman–Crippen MR) is 86.9 cm³/mol. The average Bonchev–Trinajstić information content (AvgIpc) is 2.93. The standard InChI is InChI=1S/C17H21N3O3/c1-3-23-17(22)10-14-6-4-5-7-15(14)19-16(21)9-8-13-11-18-20(2)12-13/h4-7,11-12H,3,8-10H2,1-2H3,(H,19,21). The molecule has 0 aliphatic heterocycles. The molecule has 0 atom stereocenters. The van der Waals surface area contributed by atoms with E-state index in [0.29, 0.717) is 25.1 Å². The molecule has 2 rings (SSSR count). The van der Waals surface area contributed by atoms with E-state index in [2.05, 4.69) is 10.4 Å². The minimum Gasteiger partial charge on any atom is -0.466 e. The molecule has 6 nitrogen and oxygen atoms in total. The van der Waals surface area contributed by atoms with Gasteiger partial charge in [-0.1, -0.05) is 18.2 Å². The largest absolute Gasteiger partial charge is 0.466 e. The van der Waals surface area contributed by atoms with Gasteiger partial charge in [-0.3, -0.25) is 14.3 Å². The van der Waals surface area contributed by atoms with Crippen LogP contribution in [0.2, 0.25) is 0 Å². The molecule has 1 aromatic heterocycles. The number of aromatic nitrogens is 2. The molecule has 0 bridgehead atoms. The summed E-state index contributed by atoms with van der Waals surface area (Å²) in [6, 6.07) is 7.26. The lowest BCUT2D eigenvalue weighted by atomic mass is 10.1. The number of hydrogen-bond donors (Lipinski definition) is 1. The number of rotatable bonds is 7. The van der Waals surface area contributed by atoms with Crippen LogP contribution in [0.1, 0.15) is 24.5 Å². The van der Waals surface area contributed by atoms with Crippen LogP contribution in [0.15, 0.2) is 36.7 Å². The van der Waals surface area contributed by atoms with Crippen LogP contribution in [0.25, 0.3) is 0 Å². The van der Waals surface area contributed by atoms with Gasteiger partial charge in [0.1, 0.15) is 0 Å². The summed E-state index contributed by atoms with van der Waals surface area (Å²) in [5, 5.41) is 6.94. The third kappa shape index (κ3) is 5.25. The molecule has 0 fully saturated rings. The van der Waals surface area contributed by atoms with Crippen molar-refractivity contribution in [2.75, 3.05) is 11.9 Å². The number of anilines is 1. The number of esters is 1. The van der Waals surface area contributed by atoms with Gasteiger partial charge in [-0.2, -0.15) is 5.10 Å². The number of nitrogens with zero attached hydrogens (tertiary/aromatic N) is 2. The topological polar surface area (TPSA) is 73.2 Å². The lowest BCUT2D eigenvalue weighted by Crippen LogP contribution is -2.15. The zero-order valence-corrected chi connectivity index (χ0v) is 13.4. The Labute approximate surface area is 135 Å². The predicted octanol–water partition coefficient (Wildman–Crippen LogP) is 2.10. The summed E-state index contributed by atoms with van der Waals surface area (Å²) in [6.07, 6.45) is 4.77. The van der Waals surface area contributed by atoms with Crippen molar-refractivity contribution in [2.24, 2.45) is 7.05 Å². The number of aryl methyl sites for hydroxylation is 2. The third-order valence-corrected chi connectivity index (χ3v) is 3.33. The van der Waals surface area contributed by atoms with Crippen LogP contribution in [0.5, 0.6) is 0 Å². The zero-order valence-electron chi connectivity index (χ0n) is 13.4. The van der Waals surface area contributed by atoms with Gasteiger partial charge in [-0.05, 0) is 30.5 Å². The number of carbonyl (C=O) groups excluding carboxylic acids is 2. The van der Waals surface area contributed by atoms with Crippen LogP contribution in [-0.4, -0.2) is 28.3 Å². The Morgan fingerprint density at radius 2 is 2.09 bits per heavy atom. The van der Waals surface area contributed by atoms with Gasteiger partial charge in [0.15, 0.2) is 0 Å². The molecule has 0 aliphatic rings. The van der Waals surface area contributed by atoms with Crippen LogP contribution < -0.4 is 5.32 Å². The number of carbonyl (C=O) groups is 2. The van der Waals surface area contributed by atoms with Gasteiger partial charge in [-0.25, -0.2) is 0 Å². The fourth-order valence-electron chi connectivity index (χ4n) is 2.24.